The van der Waals surface area contributed by atoms with Crippen LogP contribution in [-0.2, 0) is 23.1 Å². The van der Waals surface area contributed by atoms with E-state index in [2.05, 4.69) is 22.3 Å². The van der Waals surface area contributed by atoms with E-state index in [0.29, 0.717) is 19.6 Å². The molecule has 2 aromatic carbocycles. The zero-order valence-electron chi connectivity index (χ0n) is 18.9. The van der Waals surface area contributed by atoms with Gasteiger partial charge in [0.25, 0.3) is 5.91 Å². The van der Waals surface area contributed by atoms with Crippen molar-refractivity contribution in [1.82, 2.24) is 14.5 Å². The highest BCUT2D eigenvalue weighted by molar-refractivity contribution is 7.89. The minimum absolute atomic E-state index is 0.117. The van der Waals surface area contributed by atoms with Crippen LogP contribution in [0, 0.1) is 0 Å². The number of nitrogens with one attached hydrogen (secondary N) is 1. The predicted octanol–water partition coefficient (Wildman–Crippen LogP) is 4.43. The van der Waals surface area contributed by atoms with E-state index in [-0.39, 0.29) is 21.4 Å². The molecule has 0 aromatic heterocycles. The Kier molecular flexibility index (Phi) is 8.07. The first kappa shape index (κ1) is 24.2. The van der Waals surface area contributed by atoms with Crippen molar-refractivity contribution in [2.45, 2.75) is 56.5 Å². The van der Waals surface area contributed by atoms with Crippen molar-refractivity contribution in [3.05, 3.63) is 64.2 Å². The average Bonchev–Trinajstić information content (AvgIpc) is 3.15. The summed E-state index contributed by atoms with van der Waals surface area (Å²) >= 11 is 6.28. The molecule has 0 bridgehead atoms. The van der Waals surface area contributed by atoms with Crippen molar-refractivity contribution in [3.63, 3.8) is 0 Å². The van der Waals surface area contributed by atoms with Crippen molar-refractivity contribution >= 4 is 27.5 Å². The maximum Gasteiger partial charge on any atom is 0.253 e. The van der Waals surface area contributed by atoms with Gasteiger partial charge in [0, 0.05) is 26.2 Å². The maximum atomic E-state index is 13.1. The van der Waals surface area contributed by atoms with E-state index in [1.165, 1.54) is 40.9 Å². The lowest BCUT2D eigenvalue weighted by Crippen LogP contribution is -2.32. The molecule has 8 heteroatoms. The first-order valence-electron chi connectivity index (χ1n) is 11.8. The molecule has 0 atom stereocenters. The number of hydrogen-bond acceptors (Lipinski definition) is 4. The number of benzene rings is 2. The third kappa shape index (κ3) is 6.15. The van der Waals surface area contributed by atoms with E-state index in [1.807, 2.05) is 12.1 Å². The maximum absolute atomic E-state index is 13.1. The minimum atomic E-state index is -3.65. The molecule has 2 saturated heterocycles. The molecular weight excluding hydrogens is 458 g/mol. The molecule has 0 spiro atoms. The molecule has 0 aliphatic carbocycles. The number of carbonyl (C=O) groups excluding carboxylic acids is 1. The Bertz CT molecular complexity index is 1080. The summed E-state index contributed by atoms with van der Waals surface area (Å²) in [6.45, 7) is 4.57. The van der Waals surface area contributed by atoms with Crippen molar-refractivity contribution in [2.75, 3.05) is 26.2 Å². The van der Waals surface area contributed by atoms with Gasteiger partial charge in [-0.1, -0.05) is 48.7 Å². The van der Waals surface area contributed by atoms with E-state index in [1.54, 1.807) is 0 Å². The van der Waals surface area contributed by atoms with Gasteiger partial charge in [-0.25, -0.2) is 8.42 Å². The fraction of sp³-hybridized carbons (Fsp3) is 0.480. The Balaban J connectivity index is 1.44. The molecule has 1 N–H and O–H groups in total. The first-order chi connectivity index (χ1) is 15.9. The molecule has 1 amide bonds. The lowest BCUT2D eigenvalue weighted by Gasteiger charge is -2.20. The predicted molar refractivity (Wildman–Crippen MR) is 131 cm³/mol. The van der Waals surface area contributed by atoms with Crippen LogP contribution in [-0.4, -0.2) is 49.7 Å². The lowest BCUT2D eigenvalue weighted by atomic mass is 10.1. The van der Waals surface area contributed by atoms with E-state index in [4.69, 9.17) is 11.6 Å². The van der Waals surface area contributed by atoms with Crippen molar-refractivity contribution < 1.29 is 13.2 Å². The number of halogens is 1. The van der Waals surface area contributed by atoms with Crippen LogP contribution in [0.25, 0.3) is 0 Å². The largest absolute Gasteiger partial charge is 0.348 e. The molecule has 4 rings (SSSR count). The van der Waals surface area contributed by atoms with Crippen molar-refractivity contribution in [1.29, 1.82) is 0 Å². The van der Waals surface area contributed by atoms with Crippen LogP contribution in [0.1, 0.15) is 60.0 Å². The van der Waals surface area contributed by atoms with E-state index < -0.39 is 10.0 Å². The average molecular weight is 490 g/mol. The number of carbonyl (C=O) groups is 1. The fourth-order valence-corrected chi connectivity index (χ4v) is 6.33. The number of rotatable bonds is 7. The lowest BCUT2D eigenvalue weighted by molar-refractivity contribution is 0.0951. The van der Waals surface area contributed by atoms with Gasteiger partial charge in [-0.05, 0) is 68.1 Å². The topological polar surface area (TPSA) is 69.7 Å². The Morgan fingerprint density at radius 3 is 2.27 bits per heavy atom. The van der Waals surface area contributed by atoms with Crippen LogP contribution in [0.3, 0.4) is 0 Å². The Labute approximate surface area is 202 Å². The van der Waals surface area contributed by atoms with Crippen LogP contribution < -0.4 is 5.32 Å². The second kappa shape index (κ2) is 11.0. The van der Waals surface area contributed by atoms with Gasteiger partial charge in [-0.2, -0.15) is 4.31 Å². The Morgan fingerprint density at radius 2 is 1.55 bits per heavy atom. The third-order valence-electron chi connectivity index (χ3n) is 6.43. The normalized spacial score (nSPS) is 18.2. The van der Waals surface area contributed by atoms with Gasteiger partial charge in [0.2, 0.25) is 10.0 Å². The standard InChI is InChI=1S/C25H32ClN3O3S/c26-24-11-10-22(33(31,32)29-14-3-1-2-4-15-29)17-23(24)25(30)27-18-20-8-7-9-21(16-20)19-28-12-5-6-13-28/h7-11,16-17H,1-6,12-15,18-19H2,(H,27,30). The molecule has 2 aromatic rings. The van der Waals surface area contributed by atoms with Crippen molar-refractivity contribution in [2.24, 2.45) is 0 Å². The molecule has 33 heavy (non-hydrogen) atoms. The Morgan fingerprint density at radius 1 is 0.879 bits per heavy atom. The monoisotopic (exact) mass is 489 g/mol. The SMILES string of the molecule is O=C(NCc1cccc(CN2CCCC2)c1)c1cc(S(=O)(=O)N2CCCCCC2)ccc1Cl. The Hall–Kier alpha value is -1.93. The van der Waals surface area contributed by atoms with Gasteiger partial charge in [-0.15, -0.1) is 0 Å². The molecule has 0 unspecified atom stereocenters. The highest BCUT2D eigenvalue weighted by Crippen LogP contribution is 2.25. The molecular formula is C25H32ClN3O3S. The smallest absolute Gasteiger partial charge is 0.253 e. The van der Waals surface area contributed by atoms with Gasteiger partial charge in [0.1, 0.15) is 0 Å². The summed E-state index contributed by atoms with van der Waals surface area (Å²) in [4.78, 5) is 15.5. The van der Waals surface area contributed by atoms with Crippen LogP contribution in [0.15, 0.2) is 47.4 Å². The van der Waals surface area contributed by atoms with E-state index in [9.17, 15) is 13.2 Å². The van der Waals surface area contributed by atoms with Gasteiger partial charge in [-0.3, -0.25) is 9.69 Å². The molecule has 2 aliphatic heterocycles. The van der Waals surface area contributed by atoms with Gasteiger partial charge in [0.05, 0.1) is 15.5 Å². The first-order valence-corrected chi connectivity index (χ1v) is 13.6. The summed E-state index contributed by atoms with van der Waals surface area (Å²) in [5.74, 6) is -0.377. The zero-order valence-corrected chi connectivity index (χ0v) is 20.5. The highest BCUT2D eigenvalue weighted by atomic mass is 35.5. The molecule has 0 radical (unpaired) electrons. The minimum Gasteiger partial charge on any atom is -0.348 e. The summed E-state index contributed by atoms with van der Waals surface area (Å²) in [6, 6.07) is 12.6. The second-order valence-electron chi connectivity index (χ2n) is 8.95. The number of hydrogen-bond donors (Lipinski definition) is 1. The molecule has 178 valence electrons. The number of amides is 1. The molecule has 6 nitrogen and oxygen atoms in total. The van der Waals surface area contributed by atoms with Gasteiger partial charge in [0.15, 0.2) is 0 Å². The quantitative estimate of drug-likeness (QED) is 0.624. The molecule has 2 fully saturated rings. The number of nitrogens with zero attached hydrogens (tertiary/aromatic N) is 2. The zero-order chi connectivity index (χ0) is 23.3. The summed E-state index contributed by atoms with van der Waals surface area (Å²) in [6.07, 6.45) is 6.30. The molecule has 0 saturated carbocycles. The molecule has 2 heterocycles. The van der Waals surface area contributed by atoms with Crippen molar-refractivity contribution in [3.8, 4) is 0 Å². The number of sulfonamides is 1. The highest BCUT2D eigenvalue weighted by Gasteiger charge is 2.26. The van der Waals surface area contributed by atoms with Crippen LogP contribution in [0.5, 0.6) is 0 Å². The summed E-state index contributed by atoms with van der Waals surface area (Å²) in [5, 5.41) is 3.14. The van der Waals surface area contributed by atoms with E-state index >= 15 is 0 Å². The van der Waals surface area contributed by atoms with Gasteiger partial charge >= 0.3 is 0 Å². The van der Waals surface area contributed by atoms with Gasteiger partial charge < -0.3 is 5.32 Å². The van der Waals surface area contributed by atoms with Crippen LogP contribution in [0.2, 0.25) is 5.02 Å². The van der Waals surface area contributed by atoms with E-state index in [0.717, 1.165) is 50.9 Å². The fourth-order valence-electron chi connectivity index (χ4n) is 4.58. The summed E-state index contributed by atoms with van der Waals surface area (Å²) in [7, 11) is -3.65. The molecule has 2 aliphatic rings. The third-order valence-corrected chi connectivity index (χ3v) is 8.66. The number of likely N-dealkylation sites (tertiary alicyclic amines) is 1. The summed E-state index contributed by atoms with van der Waals surface area (Å²) < 4.78 is 27.8. The van der Waals surface area contributed by atoms with Crippen LogP contribution >= 0.6 is 11.6 Å². The van der Waals surface area contributed by atoms with Crippen LogP contribution in [0.4, 0.5) is 0 Å². The summed E-state index contributed by atoms with van der Waals surface area (Å²) in [5.41, 5.74) is 2.41. The second-order valence-corrected chi connectivity index (χ2v) is 11.3.